The van der Waals surface area contributed by atoms with Crippen molar-refractivity contribution in [2.24, 2.45) is 0 Å². The molecule has 3 aromatic carbocycles. The fourth-order valence-electron chi connectivity index (χ4n) is 2.27. The Labute approximate surface area is 122 Å². The molecule has 1 atom stereocenters. The summed E-state index contributed by atoms with van der Waals surface area (Å²) >= 11 is 0. The highest BCUT2D eigenvalue weighted by Crippen LogP contribution is 2.26. The van der Waals surface area contributed by atoms with Gasteiger partial charge in [0, 0.05) is 5.56 Å². The van der Waals surface area contributed by atoms with Gasteiger partial charge in [-0.3, -0.25) is 0 Å². The van der Waals surface area contributed by atoms with Gasteiger partial charge in [-0.25, -0.2) is 4.79 Å². The Morgan fingerprint density at radius 3 is 2.24 bits per heavy atom. The lowest BCUT2D eigenvalue weighted by Crippen LogP contribution is -2.18. The average molecular weight is 278 g/mol. The molecule has 0 aliphatic rings. The van der Waals surface area contributed by atoms with Crippen LogP contribution in [0.1, 0.15) is 11.7 Å². The van der Waals surface area contributed by atoms with Crippen LogP contribution < -0.4 is 4.74 Å². The van der Waals surface area contributed by atoms with Crippen LogP contribution in [0.25, 0.3) is 10.8 Å². The van der Waals surface area contributed by atoms with E-state index in [1.165, 1.54) is 0 Å². The Bertz CT molecular complexity index is 766. The first-order valence-corrected chi connectivity index (χ1v) is 6.67. The molecule has 0 aliphatic carbocycles. The van der Waals surface area contributed by atoms with Crippen LogP contribution in [0.5, 0.6) is 5.75 Å². The molecule has 1 N–H and O–H groups in total. The number of carboxylic acids is 1. The normalized spacial score (nSPS) is 12.0. The van der Waals surface area contributed by atoms with Crippen molar-refractivity contribution >= 4 is 16.7 Å². The molecule has 0 fully saturated rings. The summed E-state index contributed by atoms with van der Waals surface area (Å²) in [7, 11) is 0. The number of hydrogen-bond acceptors (Lipinski definition) is 2. The van der Waals surface area contributed by atoms with Crippen LogP contribution in [-0.4, -0.2) is 11.1 Å². The minimum absolute atomic E-state index is 0.546. The predicted octanol–water partition coefficient (Wildman–Crippen LogP) is 4.04. The molecular weight excluding hydrogens is 264 g/mol. The Balaban J connectivity index is 1.93. The summed E-state index contributed by atoms with van der Waals surface area (Å²) in [5.74, 6) is -0.459. The molecule has 0 amide bonds. The van der Waals surface area contributed by atoms with Gasteiger partial charge in [-0.2, -0.15) is 0 Å². The van der Waals surface area contributed by atoms with Gasteiger partial charge >= 0.3 is 5.97 Å². The van der Waals surface area contributed by atoms with Gasteiger partial charge in [-0.15, -0.1) is 0 Å². The van der Waals surface area contributed by atoms with Crippen molar-refractivity contribution in [2.45, 2.75) is 6.10 Å². The lowest BCUT2D eigenvalue weighted by Gasteiger charge is -2.15. The molecule has 0 aliphatic heterocycles. The van der Waals surface area contributed by atoms with Crippen LogP contribution in [0.15, 0.2) is 72.8 Å². The third kappa shape index (κ3) is 2.87. The highest BCUT2D eigenvalue weighted by Gasteiger charge is 2.21. The van der Waals surface area contributed by atoms with Crippen LogP contribution in [0.4, 0.5) is 0 Å². The van der Waals surface area contributed by atoms with Crippen molar-refractivity contribution in [3.63, 3.8) is 0 Å². The van der Waals surface area contributed by atoms with E-state index in [0.29, 0.717) is 11.3 Å². The summed E-state index contributed by atoms with van der Waals surface area (Å²) in [6.07, 6.45) is -1.01. The second kappa shape index (κ2) is 5.67. The van der Waals surface area contributed by atoms with E-state index in [1.807, 2.05) is 42.5 Å². The summed E-state index contributed by atoms with van der Waals surface area (Å²) in [4.78, 5) is 11.4. The second-order valence-corrected chi connectivity index (χ2v) is 4.76. The number of fused-ring (bicyclic) bond motifs is 1. The summed E-state index contributed by atoms with van der Waals surface area (Å²) < 4.78 is 5.67. The highest BCUT2D eigenvalue weighted by atomic mass is 16.5. The monoisotopic (exact) mass is 278 g/mol. The lowest BCUT2D eigenvalue weighted by atomic mass is 10.1. The molecule has 1 unspecified atom stereocenters. The third-order valence-corrected chi connectivity index (χ3v) is 3.30. The molecule has 3 nitrogen and oxygen atoms in total. The Morgan fingerprint density at radius 1 is 0.857 bits per heavy atom. The number of ether oxygens (including phenoxy) is 1. The smallest absolute Gasteiger partial charge is 0.349 e. The van der Waals surface area contributed by atoms with Gasteiger partial charge < -0.3 is 9.84 Å². The highest BCUT2D eigenvalue weighted by molar-refractivity contribution is 5.84. The van der Waals surface area contributed by atoms with E-state index in [2.05, 4.69) is 0 Å². The van der Waals surface area contributed by atoms with Crippen LogP contribution in [0, 0.1) is 0 Å². The number of benzene rings is 3. The number of hydrogen-bond donors (Lipinski definition) is 1. The van der Waals surface area contributed by atoms with E-state index in [-0.39, 0.29) is 0 Å². The van der Waals surface area contributed by atoms with Crippen molar-refractivity contribution in [3.8, 4) is 5.75 Å². The second-order valence-electron chi connectivity index (χ2n) is 4.76. The fourth-order valence-corrected chi connectivity index (χ4v) is 2.27. The summed E-state index contributed by atoms with van der Waals surface area (Å²) in [5, 5.41) is 11.5. The molecule has 0 radical (unpaired) electrons. The van der Waals surface area contributed by atoms with Gasteiger partial charge in [0.25, 0.3) is 0 Å². The van der Waals surface area contributed by atoms with Crippen LogP contribution >= 0.6 is 0 Å². The number of aliphatic carboxylic acids is 1. The minimum atomic E-state index is -1.01. The maximum Gasteiger partial charge on any atom is 0.349 e. The zero-order valence-corrected chi connectivity index (χ0v) is 11.3. The van der Waals surface area contributed by atoms with Crippen LogP contribution in [-0.2, 0) is 4.79 Å². The molecule has 3 rings (SSSR count). The molecule has 0 saturated heterocycles. The van der Waals surface area contributed by atoms with Gasteiger partial charge in [0.05, 0.1) is 0 Å². The first-order valence-electron chi connectivity index (χ1n) is 6.67. The zero-order chi connectivity index (χ0) is 14.7. The molecule has 0 saturated carbocycles. The molecule has 3 aromatic rings. The SMILES string of the molecule is O=C(O)C(Oc1ccc2ccccc2c1)c1ccccc1. The van der Waals surface area contributed by atoms with Crippen molar-refractivity contribution < 1.29 is 14.6 Å². The van der Waals surface area contributed by atoms with Gasteiger partial charge in [-0.05, 0) is 22.9 Å². The Kier molecular flexibility index (Phi) is 3.56. The molecule has 3 heteroatoms. The molecule has 104 valence electrons. The first kappa shape index (κ1) is 13.2. The van der Waals surface area contributed by atoms with Crippen molar-refractivity contribution in [1.29, 1.82) is 0 Å². The number of carbonyl (C=O) groups is 1. The van der Waals surface area contributed by atoms with E-state index in [4.69, 9.17) is 4.74 Å². The van der Waals surface area contributed by atoms with Crippen molar-refractivity contribution in [3.05, 3.63) is 78.4 Å². The topological polar surface area (TPSA) is 46.5 Å². The van der Waals surface area contributed by atoms with Gasteiger partial charge in [0.2, 0.25) is 6.10 Å². The van der Waals surface area contributed by atoms with E-state index in [9.17, 15) is 9.90 Å². The number of rotatable bonds is 4. The minimum Gasteiger partial charge on any atom is -0.478 e. The molecule has 0 heterocycles. The summed E-state index contributed by atoms with van der Waals surface area (Å²) in [5.41, 5.74) is 0.623. The molecule has 0 spiro atoms. The molecule has 21 heavy (non-hydrogen) atoms. The van der Waals surface area contributed by atoms with Gasteiger partial charge in [0.15, 0.2) is 0 Å². The van der Waals surface area contributed by atoms with Crippen LogP contribution in [0.3, 0.4) is 0 Å². The first-order chi connectivity index (χ1) is 10.2. The van der Waals surface area contributed by atoms with E-state index in [1.54, 1.807) is 30.3 Å². The van der Waals surface area contributed by atoms with Crippen LogP contribution in [0.2, 0.25) is 0 Å². The van der Waals surface area contributed by atoms with Crippen molar-refractivity contribution in [1.82, 2.24) is 0 Å². The third-order valence-electron chi connectivity index (χ3n) is 3.30. The average Bonchev–Trinajstić information content (AvgIpc) is 2.53. The summed E-state index contributed by atoms with van der Waals surface area (Å²) in [6.45, 7) is 0. The quantitative estimate of drug-likeness (QED) is 0.783. The number of carboxylic acid groups (broad SMARTS) is 1. The van der Waals surface area contributed by atoms with Gasteiger partial charge in [0.1, 0.15) is 5.75 Å². The van der Waals surface area contributed by atoms with E-state index < -0.39 is 12.1 Å². The molecular formula is C18H14O3. The zero-order valence-electron chi connectivity index (χ0n) is 11.3. The van der Waals surface area contributed by atoms with E-state index in [0.717, 1.165) is 10.8 Å². The Hall–Kier alpha value is -2.81. The maximum absolute atomic E-state index is 11.4. The maximum atomic E-state index is 11.4. The molecule has 0 bridgehead atoms. The largest absolute Gasteiger partial charge is 0.478 e. The van der Waals surface area contributed by atoms with Gasteiger partial charge in [-0.1, -0.05) is 60.7 Å². The van der Waals surface area contributed by atoms with Crippen molar-refractivity contribution in [2.75, 3.05) is 0 Å². The molecule has 0 aromatic heterocycles. The summed E-state index contributed by atoms with van der Waals surface area (Å²) in [6, 6.07) is 22.4. The fraction of sp³-hybridized carbons (Fsp3) is 0.0556. The standard InChI is InChI=1S/C18H14O3/c19-18(20)17(14-7-2-1-3-8-14)21-16-11-10-13-6-4-5-9-15(13)12-16/h1-12,17H,(H,19,20). The lowest BCUT2D eigenvalue weighted by molar-refractivity contribution is -0.145. The predicted molar refractivity (Wildman–Crippen MR) is 81.4 cm³/mol. The Morgan fingerprint density at radius 2 is 1.52 bits per heavy atom. The van der Waals surface area contributed by atoms with E-state index >= 15 is 0 Å².